The molecule has 1 atom stereocenters. The molecule has 0 aromatic heterocycles. The molecule has 0 aliphatic carbocycles. The van der Waals surface area contributed by atoms with E-state index in [0.29, 0.717) is 22.8 Å². The van der Waals surface area contributed by atoms with Crippen LogP contribution in [-0.2, 0) is 9.59 Å². The molecule has 3 aromatic carbocycles. The second kappa shape index (κ2) is 12.0. The molecule has 10 heteroatoms. The Balaban J connectivity index is 1.75. The highest BCUT2D eigenvalue weighted by Crippen LogP contribution is 2.43. The van der Waals surface area contributed by atoms with E-state index in [1.807, 2.05) is 0 Å². The lowest BCUT2D eigenvalue weighted by Gasteiger charge is -2.25. The number of carbonyl (C=O) groups is 2. The summed E-state index contributed by atoms with van der Waals surface area (Å²) in [4.78, 5) is 28.0. The van der Waals surface area contributed by atoms with Crippen LogP contribution in [0.5, 0.6) is 28.7 Å². The van der Waals surface area contributed by atoms with Gasteiger partial charge in [-0.05, 0) is 48.0 Å². The van der Waals surface area contributed by atoms with Gasteiger partial charge in [-0.15, -0.1) is 0 Å². The number of halogens is 1. The highest BCUT2D eigenvalue weighted by molar-refractivity contribution is 6.46. The maximum Gasteiger partial charge on any atom is 0.295 e. The van der Waals surface area contributed by atoms with Crippen LogP contribution in [0.15, 0.2) is 66.2 Å². The summed E-state index contributed by atoms with van der Waals surface area (Å²) >= 11 is 6.23. The molecule has 0 saturated carbocycles. The van der Waals surface area contributed by atoms with Gasteiger partial charge in [0.25, 0.3) is 11.7 Å². The summed E-state index contributed by atoms with van der Waals surface area (Å²) in [7, 11) is 5.95. The molecule has 0 bridgehead atoms. The van der Waals surface area contributed by atoms with E-state index in [9.17, 15) is 14.7 Å². The molecule has 0 radical (unpaired) electrons. The smallest absolute Gasteiger partial charge is 0.295 e. The van der Waals surface area contributed by atoms with Gasteiger partial charge in [-0.2, -0.15) is 0 Å². The number of methoxy groups -OCH3 is 4. The summed E-state index contributed by atoms with van der Waals surface area (Å²) < 4.78 is 26.9. The maximum atomic E-state index is 13.4. The lowest BCUT2D eigenvalue weighted by Crippen LogP contribution is -2.33. The second-order valence-corrected chi connectivity index (χ2v) is 8.88. The maximum absolute atomic E-state index is 13.4. The molecular formula is C29H28ClNO8. The van der Waals surface area contributed by atoms with Gasteiger partial charge in [0.15, 0.2) is 0 Å². The van der Waals surface area contributed by atoms with Gasteiger partial charge in [-0.1, -0.05) is 23.7 Å². The molecule has 1 heterocycles. The van der Waals surface area contributed by atoms with Crippen molar-refractivity contribution in [1.29, 1.82) is 0 Å². The number of hydrogen-bond donors (Lipinski definition) is 1. The van der Waals surface area contributed by atoms with E-state index in [1.165, 1.54) is 38.4 Å². The molecule has 1 aliphatic heterocycles. The SMILES string of the molecule is COc1ccc(OCCN2C(=O)C(=O)/C(=C(/O)c3cc(OC)c(Cl)cc3OC)C2c2ccc(OC)cc2)cc1. The number of ether oxygens (including phenoxy) is 5. The van der Waals surface area contributed by atoms with E-state index in [2.05, 4.69) is 0 Å². The molecule has 204 valence electrons. The highest BCUT2D eigenvalue weighted by Gasteiger charge is 2.46. The van der Waals surface area contributed by atoms with Crippen molar-refractivity contribution in [2.24, 2.45) is 0 Å². The second-order valence-electron chi connectivity index (χ2n) is 8.48. The van der Waals surface area contributed by atoms with Crippen molar-refractivity contribution < 1.29 is 38.4 Å². The van der Waals surface area contributed by atoms with Crippen molar-refractivity contribution in [3.63, 3.8) is 0 Å². The number of likely N-dealkylation sites (tertiary alicyclic amines) is 1. The monoisotopic (exact) mass is 553 g/mol. The Bertz CT molecular complexity index is 1390. The number of aliphatic hydroxyl groups excluding tert-OH is 1. The topological polar surface area (TPSA) is 104 Å². The molecule has 4 rings (SSSR count). The first-order valence-electron chi connectivity index (χ1n) is 11.9. The van der Waals surface area contributed by atoms with Crippen LogP contribution in [-0.4, -0.2) is 63.3 Å². The first-order chi connectivity index (χ1) is 18.8. The van der Waals surface area contributed by atoms with E-state index >= 15 is 0 Å². The van der Waals surface area contributed by atoms with Crippen molar-refractivity contribution >= 4 is 29.1 Å². The lowest BCUT2D eigenvalue weighted by molar-refractivity contribution is -0.140. The van der Waals surface area contributed by atoms with Gasteiger partial charge in [0.05, 0.1) is 57.2 Å². The van der Waals surface area contributed by atoms with Crippen molar-refractivity contribution in [3.8, 4) is 28.7 Å². The number of hydrogen-bond acceptors (Lipinski definition) is 8. The third-order valence-electron chi connectivity index (χ3n) is 6.36. The minimum Gasteiger partial charge on any atom is -0.507 e. The predicted molar refractivity (Wildman–Crippen MR) is 145 cm³/mol. The van der Waals surface area contributed by atoms with Crippen LogP contribution in [0.3, 0.4) is 0 Å². The van der Waals surface area contributed by atoms with Crippen molar-refractivity contribution in [2.45, 2.75) is 6.04 Å². The zero-order valence-electron chi connectivity index (χ0n) is 21.9. The molecule has 1 amide bonds. The third-order valence-corrected chi connectivity index (χ3v) is 6.66. The predicted octanol–water partition coefficient (Wildman–Crippen LogP) is 4.88. The summed E-state index contributed by atoms with van der Waals surface area (Å²) in [5.41, 5.74) is 0.655. The zero-order valence-corrected chi connectivity index (χ0v) is 22.7. The summed E-state index contributed by atoms with van der Waals surface area (Å²) in [6, 6.07) is 15.9. The number of amides is 1. The number of nitrogens with zero attached hydrogens (tertiary/aromatic N) is 1. The van der Waals surface area contributed by atoms with Crippen LogP contribution in [0.1, 0.15) is 17.2 Å². The van der Waals surface area contributed by atoms with E-state index in [1.54, 1.807) is 55.6 Å². The standard InChI is InChI=1S/C29H28ClNO8/c1-35-18-7-5-17(6-8-18)26-25(27(32)21-15-24(38-4)22(30)16-23(21)37-3)28(33)29(34)31(26)13-14-39-20-11-9-19(36-2)10-12-20/h5-12,15-16,26,32H,13-14H2,1-4H3/b27-25+. The quantitative estimate of drug-likeness (QED) is 0.215. The molecule has 0 spiro atoms. The molecule has 1 N–H and O–H groups in total. The van der Waals surface area contributed by atoms with Crippen LogP contribution in [0, 0.1) is 0 Å². The third kappa shape index (κ3) is 5.58. The Morgan fingerprint density at radius 2 is 1.38 bits per heavy atom. The van der Waals surface area contributed by atoms with E-state index in [-0.39, 0.29) is 40.8 Å². The van der Waals surface area contributed by atoms with Crippen LogP contribution in [0.2, 0.25) is 5.02 Å². The summed E-state index contributed by atoms with van der Waals surface area (Å²) in [6.07, 6.45) is 0. The van der Waals surface area contributed by atoms with Gasteiger partial charge in [0.2, 0.25) is 0 Å². The fraction of sp³-hybridized carbons (Fsp3) is 0.241. The van der Waals surface area contributed by atoms with Crippen LogP contribution in [0.4, 0.5) is 0 Å². The van der Waals surface area contributed by atoms with Crippen LogP contribution in [0.25, 0.3) is 5.76 Å². The van der Waals surface area contributed by atoms with Crippen molar-refractivity contribution in [2.75, 3.05) is 41.6 Å². The van der Waals surface area contributed by atoms with Gasteiger partial charge < -0.3 is 33.7 Å². The number of ketones is 1. The normalized spacial score (nSPS) is 16.2. The molecule has 3 aromatic rings. The molecule has 9 nitrogen and oxygen atoms in total. The lowest BCUT2D eigenvalue weighted by atomic mass is 9.95. The molecule has 1 fully saturated rings. The highest BCUT2D eigenvalue weighted by atomic mass is 35.5. The average Bonchev–Trinajstić information content (AvgIpc) is 3.22. The van der Waals surface area contributed by atoms with Gasteiger partial charge >= 0.3 is 0 Å². The average molecular weight is 554 g/mol. The van der Waals surface area contributed by atoms with Gasteiger partial charge in [0, 0.05) is 6.07 Å². The Morgan fingerprint density at radius 1 is 0.821 bits per heavy atom. The Labute approximate surface area is 231 Å². The van der Waals surface area contributed by atoms with Crippen molar-refractivity contribution in [1.82, 2.24) is 4.90 Å². The first kappa shape index (κ1) is 27.7. The number of aliphatic hydroxyl groups is 1. The first-order valence-corrected chi connectivity index (χ1v) is 12.3. The van der Waals surface area contributed by atoms with Gasteiger partial charge in [0.1, 0.15) is 41.1 Å². The van der Waals surface area contributed by atoms with Crippen LogP contribution >= 0.6 is 11.6 Å². The van der Waals surface area contributed by atoms with Gasteiger partial charge in [-0.25, -0.2) is 0 Å². The van der Waals surface area contributed by atoms with Crippen LogP contribution < -0.4 is 23.7 Å². The van der Waals surface area contributed by atoms with E-state index in [4.69, 9.17) is 35.3 Å². The number of Topliss-reactive ketones (excluding diaryl/α,β-unsaturated/α-hetero) is 1. The summed E-state index contributed by atoms with van der Waals surface area (Å²) in [5, 5.41) is 11.7. The molecule has 1 saturated heterocycles. The Morgan fingerprint density at radius 3 is 1.95 bits per heavy atom. The fourth-order valence-electron chi connectivity index (χ4n) is 4.37. The zero-order chi connectivity index (χ0) is 28.1. The van der Waals surface area contributed by atoms with Crippen molar-refractivity contribution in [3.05, 3.63) is 82.4 Å². The van der Waals surface area contributed by atoms with E-state index in [0.717, 1.165) is 0 Å². The Hall–Kier alpha value is -4.37. The number of rotatable bonds is 10. The Kier molecular flexibility index (Phi) is 8.51. The summed E-state index contributed by atoms with van der Waals surface area (Å²) in [6.45, 7) is 0.176. The molecule has 1 unspecified atom stereocenters. The molecule has 39 heavy (non-hydrogen) atoms. The number of carbonyl (C=O) groups excluding carboxylic acids is 2. The minimum atomic E-state index is -0.901. The summed E-state index contributed by atoms with van der Waals surface area (Å²) in [5.74, 6) is 0.308. The largest absolute Gasteiger partial charge is 0.507 e. The fourth-order valence-corrected chi connectivity index (χ4v) is 4.60. The van der Waals surface area contributed by atoms with E-state index < -0.39 is 23.5 Å². The van der Waals surface area contributed by atoms with Gasteiger partial charge in [-0.3, -0.25) is 9.59 Å². The minimum absolute atomic E-state index is 0.0746. The number of benzene rings is 3. The molecule has 1 aliphatic rings. The molecular weight excluding hydrogens is 526 g/mol.